The molecule has 0 fully saturated rings. The number of hydrogen-bond donors (Lipinski definition) is 2. The first kappa shape index (κ1) is 9.66. The molecule has 0 saturated heterocycles. The van der Waals surface area contributed by atoms with Crippen LogP contribution in [0.4, 0.5) is 5.95 Å². The van der Waals surface area contributed by atoms with Gasteiger partial charge in [0.2, 0.25) is 5.95 Å². The van der Waals surface area contributed by atoms with E-state index in [2.05, 4.69) is 19.7 Å². The standard InChI is InChI=1S/C8H8N4O2S/c13-15(14,7-2-1-3-9-6-7)12-8-10-4-5-11-8/h1-6H,(H2,10,11,12). The smallest absolute Gasteiger partial charge is 0.265 e. The average Bonchev–Trinajstić information content (AvgIpc) is 2.71. The second kappa shape index (κ2) is 3.70. The highest BCUT2D eigenvalue weighted by molar-refractivity contribution is 7.92. The molecule has 0 atom stereocenters. The number of hydrogen-bond acceptors (Lipinski definition) is 4. The maximum Gasteiger partial charge on any atom is 0.265 e. The fraction of sp³-hybridized carbons (Fsp3) is 0. The molecule has 0 spiro atoms. The summed E-state index contributed by atoms with van der Waals surface area (Å²) in [5.74, 6) is 0.179. The molecule has 78 valence electrons. The van der Waals surface area contributed by atoms with E-state index < -0.39 is 10.0 Å². The molecular formula is C8H8N4O2S. The summed E-state index contributed by atoms with van der Waals surface area (Å²) in [5.41, 5.74) is 0. The van der Waals surface area contributed by atoms with Crippen molar-refractivity contribution in [3.63, 3.8) is 0 Å². The zero-order valence-corrected chi connectivity index (χ0v) is 8.40. The molecule has 2 rings (SSSR count). The molecule has 2 N–H and O–H groups in total. The van der Waals surface area contributed by atoms with Crippen LogP contribution in [0.15, 0.2) is 41.8 Å². The maximum absolute atomic E-state index is 11.7. The molecule has 15 heavy (non-hydrogen) atoms. The normalized spacial score (nSPS) is 11.2. The van der Waals surface area contributed by atoms with E-state index in [1.54, 1.807) is 6.07 Å². The highest BCUT2D eigenvalue weighted by atomic mass is 32.2. The predicted octanol–water partition coefficient (Wildman–Crippen LogP) is 0.605. The number of nitrogens with one attached hydrogen (secondary N) is 2. The van der Waals surface area contributed by atoms with Gasteiger partial charge in [-0.25, -0.2) is 18.1 Å². The lowest BCUT2D eigenvalue weighted by molar-refractivity contribution is 0.600. The Hall–Kier alpha value is -1.89. The van der Waals surface area contributed by atoms with Gasteiger partial charge in [-0.2, -0.15) is 0 Å². The first-order chi connectivity index (χ1) is 7.18. The van der Waals surface area contributed by atoms with Gasteiger partial charge in [-0.3, -0.25) is 4.98 Å². The lowest BCUT2D eigenvalue weighted by Gasteiger charge is -2.03. The van der Waals surface area contributed by atoms with E-state index in [0.29, 0.717) is 0 Å². The molecule has 6 nitrogen and oxygen atoms in total. The van der Waals surface area contributed by atoms with Gasteiger partial charge >= 0.3 is 0 Å². The van der Waals surface area contributed by atoms with Gasteiger partial charge in [-0.1, -0.05) is 0 Å². The highest BCUT2D eigenvalue weighted by Crippen LogP contribution is 2.10. The van der Waals surface area contributed by atoms with Crippen molar-refractivity contribution in [1.82, 2.24) is 15.0 Å². The zero-order valence-electron chi connectivity index (χ0n) is 7.58. The second-order valence-electron chi connectivity index (χ2n) is 2.73. The number of nitrogens with zero attached hydrogens (tertiary/aromatic N) is 2. The minimum Gasteiger partial charge on any atom is -0.330 e. The Morgan fingerprint density at radius 3 is 2.80 bits per heavy atom. The Balaban J connectivity index is 2.29. The van der Waals surface area contributed by atoms with Gasteiger partial charge in [-0.15, -0.1) is 0 Å². The van der Waals surface area contributed by atoms with E-state index in [0.717, 1.165) is 0 Å². The monoisotopic (exact) mass is 224 g/mol. The quantitative estimate of drug-likeness (QED) is 0.799. The molecule has 0 aliphatic rings. The number of sulfonamides is 1. The van der Waals surface area contributed by atoms with Crippen molar-refractivity contribution in [2.45, 2.75) is 4.90 Å². The van der Waals surface area contributed by atoms with Crippen LogP contribution in [0.5, 0.6) is 0 Å². The van der Waals surface area contributed by atoms with Crippen molar-refractivity contribution in [3.05, 3.63) is 36.9 Å². The molecule has 2 aromatic rings. The van der Waals surface area contributed by atoms with Crippen LogP contribution < -0.4 is 4.72 Å². The Labute approximate surface area is 86.4 Å². The molecule has 0 aliphatic carbocycles. The average molecular weight is 224 g/mol. The Bertz CT molecular complexity index is 521. The lowest BCUT2D eigenvalue weighted by Crippen LogP contribution is -2.13. The topological polar surface area (TPSA) is 87.7 Å². The number of imidazole rings is 1. The van der Waals surface area contributed by atoms with Crippen LogP contribution in [0.3, 0.4) is 0 Å². The minimum atomic E-state index is -3.59. The van der Waals surface area contributed by atoms with Gasteiger partial charge in [-0.05, 0) is 12.1 Å². The summed E-state index contributed by atoms with van der Waals surface area (Å²) in [6.07, 6.45) is 5.76. The minimum absolute atomic E-state index is 0.0985. The summed E-state index contributed by atoms with van der Waals surface area (Å²) in [6, 6.07) is 3.01. The van der Waals surface area contributed by atoms with Crippen LogP contribution in [0.2, 0.25) is 0 Å². The van der Waals surface area contributed by atoms with Gasteiger partial charge in [0, 0.05) is 24.8 Å². The van der Waals surface area contributed by atoms with E-state index in [1.807, 2.05) is 0 Å². The first-order valence-corrected chi connectivity index (χ1v) is 5.59. The zero-order chi connectivity index (χ0) is 10.7. The molecule has 7 heteroatoms. The summed E-state index contributed by atoms with van der Waals surface area (Å²) in [7, 11) is -3.59. The predicted molar refractivity (Wildman–Crippen MR) is 53.6 cm³/mol. The number of pyridine rings is 1. The number of H-pyrrole nitrogens is 1. The molecule has 0 saturated carbocycles. The molecule has 0 bridgehead atoms. The fourth-order valence-electron chi connectivity index (χ4n) is 1.01. The highest BCUT2D eigenvalue weighted by Gasteiger charge is 2.14. The lowest BCUT2D eigenvalue weighted by atomic mass is 10.5. The van der Waals surface area contributed by atoms with E-state index >= 15 is 0 Å². The third-order valence-corrected chi connectivity index (χ3v) is 3.00. The Kier molecular flexibility index (Phi) is 2.38. The molecule has 0 radical (unpaired) electrons. The summed E-state index contributed by atoms with van der Waals surface area (Å²) < 4.78 is 25.7. The molecule has 0 aliphatic heterocycles. The van der Waals surface area contributed by atoms with Crippen molar-refractivity contribution in [1.29, 1.82) is 0 Å². The maximum atomic E-state index is 11.7. The van der Waals surface area contributed by atoms with E-state index in [9.17, 15) is 8.42 Å². The molecule has 2 aromatic heterocycles. The van der Waals surface area contributed by atoms with Crippen molar-refractivity contribution >= 4 is 16.0 Å². The largest absolute Gasteiger partial charge is 0.330 e. The number of aromatic nitrogens is 3. The van der Waals surface area contributed by atoms with Gasteiger partial charge < -0.3 is 4.98 Å². The van der Waals surface area contributed by atoms with Gasteiger partial charge in [0.05, 0.1) is 0 Å². The summed E-state index contributed by atoms with van der Waals surface area (Å²) >= 11 is 0. The van der Waals surface area contributed by atoms with Crippen LogP contribution in [-0.4, -0.2) is 23.4 Å². The molecular weight excluding hydrogens is 216 g/mol. The SMILES string of the molecule is O=S(=O)(Nc1ncc[nH]1)c1cccnc1. The summed E-state index contributed by atoms with van der Waals surface area (Å²) in [5, 5.41) is 0. The van der Waals surface area contributed by atoms with Gasteiger partial charge in [0.1, 0.15) is 4.90 Å². The number of rotatable bonds is 3. The van der Waals surface area contributed by atoms with Crippen molar-refractivity contribution in [2.24, 2.45) is 0 Å². The van der Waals surface area contributed by atoms with Gasteiger partial charge in [0.15, 0.2) is 0 Å². The first-order valence-electron chi connectivity index (χ1n) is 4.11. The van der Waals surface area contributed by atoms with E-state index in [1.165, 1.54) is 30.9 Å². The Morgan fingerprint density at radius 1 is 1.33 bits per heavy atom. The molecule has 0 aromatic carbocycles. The second-order valence-corrected chi connectivity index (χ2v) is 4.41. The molecule has 0 amide bonds. The van der Waals surface area contributed by atoms with E-state index in [4.69, 9.17) is 0 Å². The fourth-order valence-corrected chi connectivity index (χ4v) is 1.95. The molecule has 2 heterocycles. The van der Waals surface area contributed by atoms with Crippen LogP contribution >= 0.6 is 0 Å². The third-order valence-electron chi connectivity index (χ3n) is 1.67. The van der Waals surface area contributed by atoms with Crippen molar-refractivity contribution < 1.29 is 8.42 Å². The van der Waals surface area contributed by atoms with E-state index in [-0.39, 0.29) is 10.8 Å². The Morgan fingerprint density at radius 2 is 2.20 bits per heavy atom. The number of anilines is 1. The third kappa shape index (κ3) is 2.13. The number of aromatic amines is 1. The molecule has 0 unspecified atom stereocenters. The van der Waals surface area contributed by atoms with Crippen LogP contribution in [-0.2, 0) is 10.0 Å². The van der Waals surface area contributed by atoms with Crippen LogP contribution in [0.1, 0.15) is 0 Å². The van der Waals surface area contributed by atoms with Gasteiger partial charge in [0.25, 0.3) is 10.0 Å². The van der Waals surface area contributed by atoms with Crippen LogP contribution in [0.25, 0.3) is 0 Å². The summed E-state index contributed by atoms with van der Waals surface area (Å²) in [6.45, 7) is 0. The van der Waals surface area contributed by atoms with Crippen molar-refractivity contribution in [2.75, 3.05) is 4.72 Å². The van der Waals surface area contributed by atoms with Crippen LogP contribution in [0, 0.1) is 0 Å². The summed E-state index contributed by atoms with van der Waals surface area (Å²) in [4.78, 5) is 10.2. The van der Waals surface area contributed by atoms with Crippen molar-refractivity contribution in [3.8, 4) is 0 Å².